The average Bonchev–Trinajstić information content (AvgIpc) is 2.79. The van der Waals surface area contributed by atoms with E-state index in [4.69, 9.17) is 0 Å². The van der Waals surface area contributed by atoms with Gasteiger partial charge in [-0.3, -0.25) is 9.97 Å². The van der Waals surface area contributed by atoms with Crippen LogP contribution in [-0.2, 0) is 0 Å². The first kappa shape index (κ1) is 17.7. The molecule has 29 heavy (non-hydrogen) atoms. The Bertz CT molecular complexity index is 1280. The van der Waals surface area contributed by atoms with Gasteiger partial charge in [0.15, 0.2) is 0 Å². The minimum atomic E-state index is 0.933. The van der Waals surface area contributed by atoms with Gasteiger partial charge in [0.25, 0.3) is 0 Å². The van der Waals surface area contributed by atoms with Crippen molar-refractivity contribution in [2.45, 2.75) is 0 Å². The summed E-state index contributed by atoms with van der Waals surface area (Å²) in [7, 11) is 2.73. The van der Waals surface area contributed by atoms with E-state index >= 15 is 0 Å². The van der Waals surface area contributed by atoms with Crippen molar-refractivity contribution in [2.75, 3.05) is 0 Å². The molecule has 0 bridgehead atoms. The third-order valence-electron chi connectivity index (χ3n) is 5.14. The molecule has 0 spiro atoms. The fourth-order valence-electron chi connectivity index (χ4n) is 3.53. The molecule has 1 atom stereocenters. The lowest BCUT2D eigenvalue weighted by atomic mass is 9.98. The molecule has 0 aliphatic carbocycles. The Balaban J connectivity index is 1.51. The number of fused-ring (bicyclic) bond motifs is 1. The summed E-state index contributed by atoms with van der Waals surface area (Å²) in [4.78, 5) is 8.81. The molecule has 0 amide bonds. The van der Waals surface area contributed by atoms with E-state index in [-0.39, 0.29) is 0 Å². The minimum absolute atomic E-state index is 0.933. The second kappa shape index (κ2) is 7.58. The largest absolute Gasteiger partial charge is 0.264 e. The molecule has 2 aromatic heterocycles. The van der Waals surface area contributed by atoms with Crippen molar-refractivity contribution in [3.8, 4) is 33.5 Å². The van der Waals surface area contributed by atoms with Gasteiger partial charge in [-0.05, 0) is 63.1 Å². The molecular formula is C26H19N2P. The summed E-state index contributed by atoms with van der Waals surface area (Å²) in [5, 5.41) is 3.66. The van der Waals surface area contributed by atoms with Gasteiger partial charge in [0.1, 0.15) is 0 Å². The number of aromatic nitrogens is 2. The molecule has 5 rings (SSSR count). The fraction of sp³-hybridized carbons (Fsp3) is 0. The third kappa shape index (κ3) is 3.68. The Morgan fingerprint density at radius 1 is 0.552 bits per heavy atom. The van der Waals surface area contributed by atoms with Crippen molar-refractivity contribution in [2.24, 2.45) is 0 Å². The second-order valence-corrected chi connectivity index (χ2v) is 7.74. The Hall–Kier alpha value is -3.35. The SMILES string of the molecule is Pc1ccc(-c2ccc3ccc(-c4ccc(-c5cccnc5)nc4)cc3c2)cc1. The first-order chi connectivity index (χ1) is 14.3. The number of pyridine rings is 2. The summed E-state index contributed by atoms with van der Waals surface area (Å²) in [5.41, 5.74) is 6.69. The van der Waals surface area contributed by atoms with Crippen LogP contribution in [0.2, 0.25) is 0 Å². The topological polar surface area (TPSA) is 25.8 Å². The monoisotopic (exact) mass is 390 g/mol. The van der Waals surface area contributed by atoms with E-state index in [0.29, 0.717) is 0 Å². The Labute approximate surface area is 172 Å². The van der Waals surface area contributed by atoms with Gasteiger partial charge in [-0.1, -0.05) is 54.6 Å². The van der Waals surface area contributed by atoms with Crippen LogP contribution < -0.4 is 5.30 Å². The van der Waals surface area contributed by atoms with E-state index in [9.17, 15) is 0 Å². The van der Waals surface area contributed by atoms with Crippen molar-refractivity contribution in [1.82, 2.24) is 9.97 Å². The van der Waals surface area contributed by atoms with E-state index < -0.39 is 0 Å². The highest BCUT2D eigenvalue weighted by atomic mass is 31.0. The molecule has 0 fully saturated rings. The van der Waals surface area contributed by atoms with Gasteiger partial charge < -0.3 is 0 Å². The molecule has 0 aliphatic heterocycles. The highest BCUT2D eigenvalue weighted by Gasteiger charge is 2.05. The smallest absolute Gasteiger partial charge is 0.0717 e. The van der Waals surface area contributed by atoms with Crippen LogP contribution in [0.15, 0.2) is 104 Å². The Morgan fingerprint density at radius 3 is 1.90 bits per heavy atom. The van der Waals surface area contributed by atoms with Crippen LogP contribution in [-0.4, -0.2) is 9.97 Å². The molecule has 0 aliphatic rings. The number of hydrogen-bond acceptors (Lipinski definition) is 2. The number of hydrogen-bond donors (Lipinski definition) is 0. The molecular weight excluding hydrogens is 371 g/mol. The lowest BCUT2D eigenvalue weighted by Gasteiger charge is -2.08. The zero-order chi connectivity index (χ0) is 19.6. The van der Waals surface area contributed by atoms with Crippen molar-refractivity contribution in [3.63, 3.8) is 0 Å². The number of nitrogens with zero attached hydrogens (tertiary/aromatic N) is 2. The fourth-order valence-corrected chi connectivity index (χ4v) is 3.72. The van der Waals surface area contributed by atoms with E-state index in [1.165, 1.54) is 32.8 Å². The molecule has 1 unspecified atom stereocenters. The molecule has 3 aromatic carbocycles. The van der Waals surface area contributed by atoms with Crippen LogP contribution in [0, 0.1) is 0 Å². The van der Waals surface area contributed by atoms with Gasteiger partial charge in [0.2, 0.25) is 0 Å². The molecule has 138 valence electrons. The minimum Gasteiger partial charge on any atom is -0.264 e. The van der Waals surface area contributed by atoms with Gasteiger partial charge in [-0.2, -0.15) is 0 Å². The molecule has 2 nitrogen and oxygen atoms in total. The standard InChI is InChI=1S/C26H19N2P/c29-25-10-7-18(8-11-25)20-5-3-19-4-6-21(15-24(19)14-20)22-9-12-26(28-17-22)23-2-1-13-27-16-23/h1-17H,29H2. The zero-order valence-electron chi connectivity index (χ0n) is 15.8. The predicted octanol–water partition coefficient (Wildman–Crippen LogP) is 6.13. The van der Waals surface area contributed by atoms with E-state index in [1.807, 2.05) is 24.5 Å². The molecule has 0 saturated heterocycles. The zero-order valence-corrected chi connectivity index (χ0v) is 16.9. The van der Waals surface area contributed by atoms with Crippen LogP contribution in [0.1, 0.15) is 0 Å². The van der Waals surface area contributed by atoms with Crippen LogP contribution in [0.4, 0.5) is 0 Å². The molecule has 0 saturated carbocycles. The number of rotatable bonds is 3. The van der Waals surface area contributed by atoms with E-state index in [0.717, 1.165) is 16.8 Å². The van der Waals surface area contributed by atoms with Crippen LogP contribution in [0.3, 0.4) is 0 Å². The molecule has 3 heteroatoms. The highest BCUT2D eigenvalue weighted by Crippen LogP contribution is 2.29. The second-order valence-electron chi connectivity index (χ2n) is 7.07. The maximum absolute atomic E-state index is 4.64. The average molecular weight is 390 g/mol. The maximum Gasteiger partial charge on any atom is 0.0717 e. The van der Waals surface area contributed by atoms with Crippen molar-refractivity contribution >= 4 is 25.3 Å². The van der Waals surface area contributed by atoms with Gasteiger partial charge in [-0.15, -0.1) is 9.24 Å². The maximum atomic E-state index is 4.64. The summed E-state index contributed by atoms with van der Waals surface area (Å²) < 4.78 is 0. The summed E-state index contributed by atoms with van der Waals surface area (Å²) in [6.45, 7) is 0. The first-order valence-corrected chi connectivity index (χ1v) is 10.1. The van der Waals surface area contributed by atoms with Crippen LogP contribution in [0.25, 0.3) is 44.3 Å². The van der Waals surface area contributed by atoms with Gasteiger partial charge >= 0.3 is 0 Å². The Morgan fingerprint density at radius 2 is 1.24 bits per heavy atom. The normalized spacial score (nSPS) is 10.9. The molecule has 0 radical (unpaired) electrons. The quantitative estimate of drug-likeness (QED) is 0.346. The lowest BCUT2D eigenvalue weighted by molar-refractivity contribution is 1.28. The number of benzene rings is 3. The summed E-state index contributed by atoms with van der Waals surface area (Å²) >= 11 is 0. The summed E-state index contributed by atoms with van der Waals surface area (Å²) in [6.07, 6.45) is 5.55. The van der Waals surface area contributed by atoms with Gasteiger partial charge in [0.05, 0.1) is 5.69 Å². The van der Waals surface area contributed by atoms with E-state index in [1.54, 1.807) is 6.20 Å². The highest BCUT2D eigenvalue weighted by molar-refractivity contribution is 7.27. The third-order valence-corrected chi connectivity index (χ3v) is 5.52. The van der Waals surface area contributed by atoms with Gasteiger partial charge in [0, 0.05) is 29.7 Å². The van der Waals surface area contributed by atoms with Crippen molar-refractivity contribution < 1.29 is 0 Å². The summed E-state index contributed by atoms with van der Waals surface area (Å²) in [6, 6.07) is 29.9. The van der Waals surface area contributed by atoms with Crippen molar-refractivity contribution in [1.29, 1.82) is 0 Å². The Kier molecular flexibility index (Phi) is 4.63. The predicted molar refractivity (Wildman–Crippen MR) is 125 cm³/mol. The lowest BCUT2D eigenvalue weighted by Crippen LogP contribution is -1.88. The van der Waals surface area contributed by atoms with Crippen LogP contribution in [0.5, 0.6) is 0 Å². The van der Waals surface area contributed by atoms with Crippen LogP contribution >= 0.6 is 9.24 Å². The molecule has 5 aromatic rings. The van der Waals surface area contributed by atoms with E-state index in [2.05, 4.69) is 92.0 Å². The summed E-state index contributed by atoms with van der Waals surface area (Å²) in [5.74, 6) is 0. The van der Waals surface area contributed by atoms with Crippen molar-refractivity contribution in [3.05, 3.63) is 104 Å². The van der Waals surface area contributed by atoms with Gasteiger partial charge in [-0.25, -0.2) is 0 Å². The molecule has 0 N–H and O–H groups in total. The molecule has 2 heterocycles. The first-order valence-electron chi connectivity index (χ1n) is 9.53.